The molecule has 2 heterocycles. The van der Waals surface area contributed by atoms with Crippen LogP contribution in [0.4, 0.5) is 5.69 Å². The first kappa shape index (κ1) is 13.4. The lowest BCUT2D eigenvalue weighted by Crippen LogP contribution is -2.24. The van der Waals surface area contributed by atoms with E-state index in [-0.39, 0.29) is 5.69 Å². The summed E-state index contributed by atoms with van der Waals surface area (Å²) in [5.74, 6) is -0.138. The van der Waals surface area contributed by atoms with E-state index in [1.54, 1.807) is 6.07 Å². The molecule has 108 valence electrons. The highest BCUT2D eigenvalue weighted by molar-refractivity contribution is 5.85. The molecule has 1 N–H and O–H groups in total. The van der Waals surface area contributed by atoms with Gasteiger partial charge < -0.3 is 14.7 Å². The molecule has 0 unspecified atom stereocenters. The minimum Gasteiger partial charge on any atom is -0.491 e. The highest BCUT2D eigenvalue weighted by Crippen LogP contribution is 2.31. The third-order valence-electron chi connectivity index (χ3n) is 3.41. The van der Waals surface area contributed by atoms with Crippen LogP contribution in [0, 0.1) is 0 Å². The molecule has 0 atom stereocenters. The van der Waals surface area contributed by atoms with Crippen molar-refractivity contribution in [2.75, 3.05) is 18.1 Å². The highest BCUT2D eigenvalue weighted by Gasteiger charge is 2.17. The van der Waals surface area contributed by atoms with Crippen LogP contribution in [0.1, 0.15) is 22.6 Å². The maximum atomic E-state index is 11.0. The number of ether oxygens (including phenoxy) is 1. The van der Waals surface area contributed by atoms with Gasteiger partial charge in [0, 0.05) is 6.54 Å². The molecule has 0 saturated carbocycles. The Morgan fingerprint density at radius 2 is 2.10 bits per heavy atom. The van der Waals surface area contributed by atoms with Crippen LogP contribution in [0.25, 0.3) is 0 Å². The van der Waals surface area contributed by atoms with Crippen LogP contribution in [0.3, 0.4) is 0 Å². The van der Waals surface area contributed by atoms with Crippen molar-refractivity contribution in [3.63, 3.8) is 0 Å². The summed E-state index contributed by atoms with van der Waals surface area (Å²) in [6.45, 7) is 2.12. The van der Waals surface area contributed by atoms with E-state index in [1.165, 1.54) is 6.07 Å². The summed E-state index contributed by atoms with van der Waals surface area (Å²) in [4.78, 5) is 17.4. The van der Waals surface area contributed by atoms with Crippen molar-refractivity contribution in [2.45, 2.75) is 13.0 Å². The highest BCUT2D eigenvalue weighted by atomic mass is 16.5. The first-order chi connectivity index (χ1) is 10.2. The Bertz CT molecular complexity index is 657. The standard InChI is InChI=1S/C16H16N2O3/c19-16(20)13-6-3-5-12(17-13)11-18-9-4-10-21-15-8-2-1-7-14(15)18/h1-3,5-8H,4,9-11H2,(H,19,20). The molecule has 5 nitrogen and oxygen atoms in total. The number of rotatable bonds is 3. The van der Waals surface area contributed by atoms with Gasteiger partial charge in [0.05, 0.1) is 24.5 Å². The number of para-hydroxylation sites is 2. The zero-order valence-corrected chi connectivity index (χ0v) is 11.5. The number of carbonyl (C=O) groups is 1. The number of benzene rings is 1. The van der Waals surface area contributed by atoms with E-state index in [9.17, 15) is 4.79 Å². The van der Waals surface area contributed by atoms with Gasteiger partial charge in [0.25, 0.3) is 0 Å². The van der Waals surface area contributed by atoms with E-state index in [1.807, 2.05) is 30.3 Å². The minimum atomic E-state index is -1.00. The molecule has 0 bridgehead atoms. The van der Waals surface area contributed by atoms with E-state index >= 15 is 0 Å². The van der Waals surface area contributed by atoms with Crippen molar-refractivity contribution < 1.29 is 14.6 Å². The number of carboxylic acids is 1. The molecule has 1 aromatic heterocycles. The van der Waals surface area contributed by atoms with Crippen LogP contribution in [-0.2, 0) is 6.54 Å². The van der Waals surface area contributed by atoms with Gasteiger partial charge in [-0.25, -0.2) is 9.78 Å². The second kappa shape index (κ2) is 5.83. The lowest BCUT2D eigenvalue weighted by atomic mass is 10.2. The van der Waals surface area contributed by atoms with Crippen LogP contribution in [0.2, 0.25) is 0 Å². The van der Waals surface area contributed by atoms with Crippen LogP contribution >= 0.6 is 0 Å². The van der Waals surface area contributed by atoms with Gasteiger partial charge in [-0.1, -0.05) is 18.2 Å². The van der Waals surface area contributed by atoms with Gasteiger partial charge in [-0.2, -0.15) is 0 Å². The van der Waals surface area contributed by atoms with E-state index in [2.05, 4.69) is 9.88 Å². The molecule has 0 fully saturated rings. The number of hydrogen-bond donors (Lipinski definition) is 1. The van der Waals surface area contributed by atoms with E-state index in [4.69, 9.17) is 9.84 Å². The lowest BCUT2D eigenvalue weighted by Gasteiger charge is -2.23. The van der Waals surface area contributed by atoms with Crippen molar-refractivity contribution in [1.82, 2.24) is 4.98 Å². The number of anilines is 1. The fourth-order valence-corrected chi connectivity index (χ4v) is 2.44. The van der Waals surface area contributed by atoms with Crippen LogP contribution in [-0.4, -0.2) is 29.2 Å². The molecule has 0 saturated heterocycles. The molecule has 0 radical (unpaired) electrons. The molecule has 3 rings (SSSR count). The number of pyridine rings is 1. The molecular weight excluding hydrogens is 268 g/mol. The Kier molecular flexibility index (Phi) is 3.73. The minimum absolute atomic E-state index is 0.0758. The Hall–Kier alpha value is -2.56. The zero-order valence-electron chi connectivity index (χ0n) is 11.5. The summed E-state index contributed by atoms with van der Waals surface area (Å²) in [7, 11) is 0. The number of carboxylic acid groups (broad SMARTS) is 1. The fourth-order valence-electron chi connectivity index (χ4n) is 2.44. The Morgan fingerprint density at radius 1 is 1.24 bits per heavy atom. The third-order valence-corrected chi connectivity index (χ3v) is 3.41. The van der Waals surface area contributed by atoms with Gasteiger partial charge in [-0.15, -0.1) is 0 Å². The Labute approximate surface area is 122 Å². The quantitative estimate of drug-likeness (QED) is 0.938. The van der Waals surface area contributed by atoms with Crippen molar-refractivity contribution in [3.8, 4) is 5.75 Å². The molecule has 5 heteroatoms. The first-order valence-corrected chi connectivity index (χ1v) is 6.90. The summed E-state index contributed by atoms with van der Waals surface area (Å²) >= 11 is 0. The number of nitrogens with zero attached hydrogens (tertiary/aromatic N) is 2. The van der Waals surface area contributed by atoms with Crippen LogP contribution in [0.15, 0.2) is 42.5 Å². The zero-order chi connectivity index (χ0) is 14.7. The summed E-state index contributed by atoms with van der Waals surface area (Å²) in [6.07, 6.45) is 0.924. The molecule has 0 spiro atoms. The number of hydrogen-bond acceptors (Lipinski definition) is 4. The van der Waals surface area contributed by atoms with Gasteiger partial charge >= 0.3 is 5.97 Å². The maximum absolute atomic E-state index is 11.0. The Morgan fingerprint density at radius 3 is 2.95 bits per heavy atom. The molecule has 0 amide bonds. The van der Waals surface area contributed by atoms with Gasteiger partial charge in [0.1, 0.15) is 11.4 Å². The van der Waals surface area contributed by atoms with Gasteiger partial charge in [-0.3, -0.25) is 0 Å². The van der Waals surface area contributed by atoms with Gasteiger partial charge in [-0.05, 0) is 30.7 Å². The summed E-state index contributed by atoms with van der Waals surface area (Å²) in [5, 5.41) is 9.02. The summed E-state index contributed by atoms with van der Waals surface area (Å²) < 4.78 is 5.72. The second-order valence-corrected chi connectivity index (χ2v) is 4.91. The predicted molar refractivity (Wildman–Crippen MR) is 78.8 cm³/mol. The smallest absolute Gasteiger partial charge is 0.354 e. The molecule has 21 heavy (non-hydrogen) atoms. The molecule has 1 aliphatic heterocycles. The van der Waals surface area contributed by atoms with Crippen molar-refractivity contribution in [1.29, 1.82) is 0 Å². The van der Waals surface area contributed by atoms with Crippen molar-refractivity contribution in [3.05, 3.63) is 53.9 Å². The van der Waals surface area contributed by atoms with E-state index in [0.29, 0.717) is 13.2 Å². The van der Waals surface area contributed by atoms with Crippen LogP contribution < -0.4 is 9.64 Å². The van der Waals surface area contributed by atoms with Crippen molar-refractivity contribution in [2.24, 2.45) is 0 Å². The number of fused-ring (bicyclic) bond motifs is 1. The predicted octanol–water partition coefficient (Wildman–Crippen LogP) is 2.57. The molecule has 2 aromatic rings. The molecular formula is C16H16N2O3. The average Bonchev–Trinajstić information content (AvgIpc) is 2.70. The SMILES string of the molecule is O=C(O)c1cccc(CN2CCCOc3ccccc32)n1. The summed E-state index contributed by atoms with van der Waals surface area (Å²) in [5.41, 5.74) is 1.84. The topological polar surface area (TPSA) is 62.7 Å². The second-order valence-electron chi connectivity index (χ2n) is 4.91. The van der Waals surface area contributed by atoms with E-state index in [0.717, 1.165) is 30.1 Å². The monoisotopic (exact) mass is 284 g/mol. The third kappa shape index (κ3) is 2.97. The average molecular weight is 284 g/mol. The summed E-state index contributed by atoms with van der Waals surface area (Å²) in [6, 6.07) is 13.0. The number of aromatic carboxylic acids is 1. The molecule has 1 aromatic carbocycles. The fraction of sp³-hybridized carbons (Fsp3) is 0.250. The van der Waals surface area contributed by atoms with Crippen LogP contribution in [0.5, 0.6) is 5.75 Å². The normalized spacial score (nSPS) is 14.0. The maximum Gasteiger partial charge on any atom is 0.354 e. The van der Waals surface area contributed by atoms with Gasteiger partial charge in [0.15, 0.2) is 0 Å². The lowest BCUT2D eigenvalue weighted by molar-refractivity contribution is 0.0690. The largest absolute Gasteiger partial charge is 0.491 e. The number of aromatic nitrogens is 1. The first-order valence-electron chi connectivity index (χ1n) is 6.90. The van der Waals surface area contributed by atoms with Gasteiger partial charge in [0.2, 0.25) is 0 Å². The van der Waals surface area contributed by atoms with E-state index < -0.39 is 5.97 Å². The molecule has 0 aliphatic carbocycles. The molecule has 1 aliphatic rings. The van der Waals surface area contributed by atoms with Crippen molar-refractivity contribution >= 4 is 11.7 Å². The Balaban J connectivity index is 1.87.